The summed E-state index contributed by atoms with van der Waals surface area (Å²) >= 11 is 0. The Kier molecular flexibility index (Phi) is 5.68. The van der Waals surface area contributed by atoms with Gasteiger partial charge in [-0.3, -0.25) is 4.90 Å². The lowest BCUT2D eigenvalue weighted by Crippen LogP contribution is -2.47. The van der Waals surface area contributed by atoms with E-state index in [2.05, 4.69) is 63.2 Å². The molecule has 1 aromatic heterocycles. The highest BCUT2D eigenvalue weighted by atomic mass is 16.5. The van der Waals surface area contributed by atoms with Crippen LogP contribution < -0.4 is 5.32 Å². The van der Waals surface area contributed by atoms with Crippen LogP contribution >= 0.6 is 0 Å². The highest BCUT2D eigenvalue weighted by Crippen LogP contribution is 2.29. The number of ether oxygens (including phenoxy) is 1. The molecule has 0 bridgehead atoms. The van der Waals surface area contributed by atoms with Gasteiger partial charge < -0.3 is 14.6 Å². The fourth-order valence-corrected chi connectivity index (χ4v) is 4.26. The van der Waals surface area contributed by atoms with Gasteiger partial charge in [0.2, 0.25) is 0 Å². The average molecular weight is 354 g/mol. The standard InChI is InChI=1S/C21H30N4O/c1-2-25-14-11-22-21(25)20-19(10-15-26-20)23-18-8-12-24(13-9-18)16-17-6-4-3-5-7-17/h3-7,11,14,18-20,23H,2,8-10,12-13,15-16H2,1H3/t19-,20-/m0/s1. The van der Waals surface area contributed by atoms with E-state index >= 15 is 0 Å². The second kappa shape index (κ2) is 8.33. The summed E-state index contributed by atoms with van der Waals surface area (Å²) in [6, 6.07) is 11.8. The molecule has 0 spiro atoms. The predicted molar refractivity (Wildman–Crippen MR) is 103 cm³/mol. The minimum atomic E-state index is 0.0901. The predicted octanol–water partition coefficient (Wildman–Crippen LogP) is 2.99. The van der Waals surface area contributed by atoms with Gasteiger partial charge in [-0.15, -0.1) is 0 Å². The number of nitrogens with one attached hydrogen (secondary N) is 1. The lowest BCUT2D eigenvalue weighted by Gasteiger charge is -2.34. The number of likely N-dealkylation sites (tertiary alicyclic amines) is 1. The quantitative estimate of drug-likeness (QED) is 0.866. The summed E-state index contributed by atoms with van der Waals surface area (Å²) in [5.41, 5.74) is 1.41. The molecule has 26 heavy (non-hydrogen) atoms. The summed E-state index contributed by atoms with van der Waals surface area (Å²) < 4.78 is 8.24. The van der Waals surface area contributed by atoms with Gasteiger partial charge in [0.05, 0.1) is 0 Å². The first-order valence-electron chi connectivity index (χ1n) is 9.98. The number of rotatable bonds is 6. The number of nitrogens with zero attached hydrogens (tertiary/aromatic N) is 3. The van der Waals surface area contributed by atoms with Crippen molar-refractivity contribution in [3.63, 3.8) is 0 Å². The second-order valence-electron chi connectivity index (χ2n) is 7.46. The number of benzene rings is 1. The molecule has 2 aromatic rings. The van der Waals surface area contributed by atoms with Crippen molar-refractivity contribution in [3.05, 3.63) is 54.1 Å². The van der Waals surface area contributed by atoms with Crippen LogP contribution in [0.5, 0.6) is 0 Å². The van der Waals surface area contributed by atoms with Gasteiger partial charge in [0, 0.05) is 44.2 Å². The molecule has 1 aromatic carbocycles. The Hall–Kier alpha value is -1.69. The number of hydrogen-bond acceptors (Lipinski definition) is 4. The zero-order chi connectivity index (χ0) is 17.8. The van der Waals surface area contributed by atoms with Crippen molar-refractivity contribution in [2.45, 2.75) is 57.5 Å². The van der Waals surface area contributed by atoms with Crippen LogP contribution in [-0.2, 0) is 17.8 Å². The van der Waals surface area contributed by atoms with Crippen molar-refractivity contribution in [3.8, 4) is 0 Å². The Morgan fingerprint density at radius 3 is 2.73 bits per heavy atom. The number of hydrogen-bond donors (Lipinski definition) is 1. The first-order chi connectivity index (χ1) is 12.8. The van der Waals surface area contributed by atoms with Crippen LogP contribution in [0.25, 0.3) is 0 Å². The van der Waals surface area contributed by atoms with Gasteiger partial charge in [-0.1, -0.05) is 30.3 Å². The van der Waals surface area contributed by atoms with Crippen LogP contribution in [0.15, 0.2) is 42.7 Å². The molecule has 1 N–H and O–H groups in total. The second-order valence-corrected chi connectivity index (χ2v) is 7.46. The zero-order valence-corrected chi connectivity index (χ0v) is 15.7. The van der Waals surface area contributed by atoms with Crippen molar-refractivity contribution in [1.29, 1.82) is 0 Å². The Balaban J connectivity index is 1.30. The molecule has 5 heteroatoms. The van der Waals surface area contributed by atoms with Crippen LogP contribution in [0.2, 0.25) is 0 Å². The van der Waals surface area contributed by atoms with Gasteiger partial charge in [0.1, 0.15) is 11.9 Å². The third-order valence-electron chi connectivity index (χ3n) is 5.72. The molecule has 4 rings (SSSR count). The van der Waals surface area contributed by atoms with E-state index in [1.54, 1.807) is 0 Å². The zero-order valence-electron chi connectivity index (χ0n) is 15.7. The van der Waals surface area contributed by atoms with Crippen LogP contribution in [0.1, 0.15) is 43.7 Å². The summed E-state index contributed by atoms with van der Waals surface area (Å²) in [5, 5.41) is 3.89. The first kappa shape index (κ1) is 17.7. The maximum absolute atomic E-state index is 6.04. The maximum atomic E-state index is 6.04. The summed E-state index contributed by atoms with van der Waals surface area (Å²) in [4.78, 5) is 7.13. The number of imidazole rings is 1. The van der Waals surface area contributed by atoms with Crippen molar-refractivity contribution >= 4 is 0 Å². The Morgan fingerprint density at radius 1 is 1.15 bits per heavy atom. The van der Waals surface area contributed by atoms with E-state index in [0.29, 0.717) is 12.1 Å². The molecule has 0 amide bonds. The largest absolute Gasteiger partial charge is 0.369 e. The average Bonchev–Trinajstić information content (AvgIpc) is 3.32. The van der Waals surface area contributed by atoms with E-state index in [1.165, 1.54) is 18.4 Å². The normalized spacial score (nSPS) is 25.0. The van der Waals surface area contributed by atoms with Gasteiger partial charge in [-0.25, -0.2) is 4.98 Å². The van der Waals surface area contributed by atoms with Gasteiger partial charge in [-0.2, -0.15) is 0 Å². The molecule has 2 atom stereocenters. The summed E-state index contributed by atoms with van der Waals surface area (Å²) in [5.74, 6) is 1.07. The van der Waals surface area contributed by atoms with Crippen LogP contribution in [0.4, 0.5) is 0 Å². The van der Waals surface area contributed by atoms with Gasteiger partial charge in [0.15, 0.2) is 0 Å². The van der Waals surface area contributed by atoms with Crippen LogP contribution in [-0.4, -0.2) is 46.2 Å². The lowest BCUT2D eigenvalue weighted by atomic mass is 10.0. The summed E-state index contributed by atoms with van der Waals surface area (Å²) in [6.07, 6.45) is 7.52. The van der Waals surface area contributed by atoms with E-state index in [4.69, 9.17) is 4.74 Å². The van der Waals surface area contributed by atoms with Crippen molar-refractivity contribution in [2.75, 3.05) is 19.7 Å². The smallest absolute Gasteiger partial charge is 0.139 e. The van der Waals surface area contributed by atoms with Crippen molar-refractivity contribution in [1.82, 2.24) is 19.8 Å². The molecule has 0 saturated carbocycles. The Labute approximate surface area is 156 Å². The monoisotopic (exact) mass is 354 g/mol. The molecule has 5 nitrogen and oxygen atoms in total. The molecule has 3 heterocycles. The minimum absolute atomic E-state index is 0.0901. The summed E-state index contributed by atoms with van der Waals surface area (Å²) in [6.45, 7) is 7.32. The lowest BCUT2D eigenvalue weighted by molar-refractivity contribution is 0.0825. The van der Waals surface area contributed by atoms with Crippen LogP contribution in [0, 0.1) is 0 Å². The molecule has 140 valence electrons. The molecular weight excluding hydrogens is 324 g/mol. The van der Waals surface area contributed by atoms with Gasteiger partial charge in [0.25, 0.3) is 0 Å². The third kappa shape index (κ3) is 4.00. The topological polar surface area (TPSA) is 42.3 Å². The van der Waals surface area contributed by atoms with Crippen molar-refractivity contribution in [2.24, 2.45) is 0 Å². The number of aromatic nitrogens is 2. The molecule has 2 saturated heterocycles. The van der Waals surface area contributed by atoms with E-state index in [-0.39, 0.29) is 6.10 Å². The van der Waals surface area contributed by atoms with Crippen LogP contribution in [0.3, 0.4) is 0 Å². The maximum Gasteiger partial charge on any atom is 0.139 e. The SMILES string of the molecule is CCn1ccnc1[C@H]1OCC[C@@H]1NC1CCN(Cc2ccccc2)CC1. The molecule has 0 unspecified atom stereocenters. The molecule has 0 aliphatic carbocycles. The highest BCUT2D eigenvalue weighted by molar-refractivity contribution is 5.14. The molecule has 2 aliphatic heterocycles. The van der Waals surface area contributed by atoms with E-state index in [1.807, 2.05) is 6.20 Å². The van der Waals surface area contributed by atoms with E-state index in [0.717, 1.165) is 45.0 Å². The molecule has 2 fully saturated rings. The Bertz CT molecular complexity index is 678. The number of piperidine rings is 1. The van der Waals surface area contributed by atoms with E-state index in [9.17, 15) is 0 Å². The summed E-state index contributed by atoms with van der Waals surface area (Å²) in [7, 11) is 0. The third-order valence-corrected chi connectivity index (χ3v) is 5.72. The fraction of sp³-hybridized carbons (Fsp3) is 0.571. The minimum Gasteiger partial charge on any atom is -0.369 e. The van der Waals surface area contributed by atoms with Crippen molar-refractivity contribution < 1.29 is 4.74 Å². The van der Waals surface area contributed by atoms with E-state index < -0.39 is 0 Å². The number of aryl methyl sites for hydroxylation is 1. The van der Waals surface area contributed by atoms with Gasteiger partial charge in [-0.05, 0) is 44.8 Å². The van der Waals surface area contributed by atoms with Gasteiger partial charge >= 0.3 is 0 Å². The Morgan fingerprint density at radius 2 is 1.96 bits per heavy atom. The highest BCUT2D eigenvalue weighted by Gasteiger charge is 2.34. The molecule has 2 aliphatic rings. The molecular formula is C21H30N4O. The fourth-order valence-electron chi connectivity index (χ4n) is 4.26. The molecule has 0 radical (unpaired) electrons. The first-order valence-corrected chi connectivity index (χ1v) is 9.98.